The number of nitrogens with one attached hydrogen (secondary N) is 1. The Morgan fingerprint density at radius 3 is 2.70 bits per heavy atom. The van der Waals surface area contributed by atoms with Gasteiger partial charge in [0.05, 0.1) is 24.4 Å². The van der Waals surface area contributed by atoms with E-state index in [4.69, 9.17) is 0 Å². The van der Waals surface area contributed by atoms with Crippen molar-refractivity contribution in [1.82, 2.24) is 19.3 Å². The fourth-order valence-electron chi connectivity index (χ4n) is 1.94. The molecule has 0 unspecified atom stereocenters. The quantitative estimate of drug-likeness (QED) is 0.787. The Labute approximate surface area is 115 Å². The average molecular weight is 267 g/mol. The minimum Gasteiger partial charge on any atom is -0.318 e. The fraction of sp³-hybridized carbons (Fsp3) is 0.0714. The number of nitrogens with zero attached hydrogens (tertiary/aromatic N) is 4. The van der Waals surface area contributed by atoms with Crippen molar-refractivity contribution in [2.45, 2.75) is 0 Å². The predicted octanol–water partition coefficient (Wildman–Crippen LogP) is 1.86. The molecule has 0 aliphatic rings. The third-order valence-corrected chi connectivity index (χ3v) is 2.87. The van der Waals surface area contributed by atoms with Gasteiger partial charge in [-0.25, -0.2) is 4.98 Å². The highest BCUT2D eigenvalue weighted by molar-refractivity contribution is 6.03. The molecule has 3 rings (SSSR count). The second-order valence-corrected chi connectivity index (χ2v) is 4.34. The van der Waals surface area contributed by atoms with Crippen molar-refractivity contribution < 1.29 is 4.79 Å². The maximum Gasteiger partial charge on any atom is 0.274 e. The van der Waals surface area contributed by atoms with Crippen LogP contribution in [0.1, 0.15) is 10.5 Å². The van der Waals surface area contributed by atoms with Gasteiger partial charge in [0, 0.05) is 18.9 Å². The van der Waals surface area contributed by atoms with Crippen LogP contribution in [0.2, 0.25) is 0 Å². The number of aryl methyl sites for hydroxylation is 1. The molecule has 0 saturated carbocycles. The number of carbonyl (C=O) groups excluding carboxylic acids is 1. The monoisotopic (exact) mass is 267 g/mol. The molecule has 0 atom stereocenters. The maximum absolute atomic E-state index is 12.3. The largest absolute Gasteiger partial charge is 0.318 e. The topological polar surface area (TPSA) is 64.7 Å². The van der Waals surface area contributed by atoms with E-state index in [1.165, 1.54) is 0 Å². The molecule has 0 aliphatic heterocycles. The van der Waals surface area contributed by atoms with Gasteiger partial charge in [0.25, 0.3) is 5.91 Å². The lowest BCUT2D eigenvalue weighted by Crippen LogP contribution is -2.15. The molecule has 0 fully saturated rings. The molecular formula is C14H13N5O. The van der Waals surface area contributed by atoms with Crippen LogP contribution in [0.15, 0.2) is 55.2 Å². The van der Waals surface area contributed by atoms with Crippen molar-refractivity contribution in [3.63, 3.8) is 0 Å². The van der Waals surface area contributed by atoms with Crippen LogP contribution in [0.25, 0.3) is 5.69 Å². The Morgan fingerprint density at radius 1 is 1.20 bits per heavy atom. The van der Waals surface area contributed by atoms with Gasteiger partial charge in [-0.1, -0.05) is 18.2 Å². The smallest absolute Gasteiger partial charge is 0.274 e. The summed E-state index contributed by atoms with van der Waals surface area (Å²) in [6.07, 6.45) is 6.49. The number of hydrogen-bond donors (Lipinski definition) is 1. The summed E-state index contributed by atoms with van der Waals surface area (Å²) < 4.78 is 3.37. The third-order valence-electron chi connectivity index (χ3n) is 2.87. The standard InChI is InChI=1S/C14H13N5O/c1-18-9-11(7-16-18)17-14(20)13-8-15-10-19(13)12-5-3-2-4-6-12/h2-10H,1H3,(H,17,20). The SMILES string of the molecule is Cn1cc(NC(=O)c2cncn2-c2ccccc2)cn1. The second-order valence-electron chi connectivity index (χ2n) is 4.34. The zero-order valence-electron chi connectivity index (χ0n) is 10.9. The molecule has 0 spiro atoms. The summed E-state index contributed by atoms with van der Waals surface area (Å²) in [6.45, 7) is 0. The van der Waals surface area contributed by atoms with E-state index < -0.39 is 0 Å². The van der Waals surface area contributed by atoms with E-state index in [1.54, 1.807) is 41.2 Å². The number of benzene rings is 1. The summed E-state index contributed by atoms with van der Waals surface area (Å²) in [5, 5.41) is 6.80. The highest BCUT2D eigenvalue weighted by Gasteiger charge is 2.13. The Morgan fingerprint density at radius 2 is 2.00 bits per heavy atom. The Kier molecular flexibility index (Phi) is 3.04. The van der Waals surface area contributed by atoms with Crippen molar-refractivity contribution in [2.75, 3.05) is 5.32 Å². The molecule has 1 amide bonds. The molecule has 2 heterocycles. The van der Waals surface area contributed by atoms with Gasteiger partial charge in [0.1, 0.15) is 5.69 Å². The predicted molar refractivity (Wildman–Crippen MR) is 74.7 cm³/mol. The molecule has 0 radical (unpaired) electrons. The summed E-state index contributed by atoms with van der Waals surface area (Å²) in [7, 11) is 1.80. The molecular weight excluding hydrogens is 254 g/mol. The van der Waals surface area contributed by atoms with Crippen LogP contribution < -0.4 is 5.32 Å². The molecule has 0 aliphatic carbocycles. The molecule has 2 aromatic heterocycles. The number of amides is 1. The third kappa shape index (κ3) is 2.31. The highest BCUT2D eigenvalue weighted by atomic mass is 16.2. The van der Waals surface area contributed by atoms with Gasteiger partial charge in [-0.15, -0.1) is 0 Å². The van der Waals surface area contributed by atoms with Crippen molar-refractivity contribution in [3.05, 3.63) is 60.9 Å². The van der Waals surface area contributed by atoms with E-state index in [1.807, 2.05) is 30.3 Å². The highest BCUT2D eigenvalue weighted by Crippen LogP contribution is 2.13. The lowest BCUT2D eigenvalue weighted by atomic mass is 10.3. The number of anilines is 1. The Balaban J connectivity index is 1.88. The number of imidazole rings is 1. The van der Waals surface area contributed by atoms with Crippen LogP contribution in [0.3, 0.4) is 0 Å². The summed E-state index contributed by atoms with van der Waals surface area (Å²) >= 11 is 0. The average Bonchev–Trinajstić information content (AvgIpc) is 3.09. The molecule has 0 saturated heterocycles. The van der Waals surface area contributed by atoms with E-state index >= 15 is 0 Å². The molecule has 100 valence electrons. The Hall–Kier alpha value is -2.89. The summed E-state index contributed by atoms with van der Waals surface area (Å²) in [5.41, 5.74) is 2.01. The number of aromatic nitrogens is 4. The normalized spacial score (nSPS) is 10.4. The molecule has 1 aromatic carbocycles. The van der Waals surface area contributed by atoms with Crippen molar-refractivity contribution in [3.8, 4) is 5.69 Å². The van der Waals surface area contributed by atoms with E-state index in [2.05, 4.69) is 15.4 Å². The van der Waals surface area contributed by atoms with Gasteiger partial charge in [0.15, 0.2) is 0 Å². The van der Waals surface area contributed by atoms with Crippen molar-refractivity contribution in [1.29, 1.82) is 0 Å². The molecule has 0 bridgehead atoms. The van der Waals surface area contributed by atoms with Crippen LogP contribution >= 0.6 is 0 Å². The first kappa shape index (κ1) is 12.2. The number of rotatable bonds is 3. The molecule has 1 N–H and O–H groups in total. The zero-order valence-corrected chi connectivity index (χ0v) is 10.9. The van der Waals surface area contributed by atoms with Crippen LogP contribution in [-0.4, -0.2) is 25.2 Å². The van der Waals surface area contributed by atoms with Gasteiger partial charge >= 0.3 is 0 Å². The van der Waals surface area contributed by atoms with E-state index in [-0.39, 0.29) is 5.91 Å². The summed E-state index contributed by atoms with van der Waals surface area (Å²) in [6, 6.07) is 9.59. The molecule has 3 aromatic rings. The van der Waals surface area contributed by atoms with Crippen LogP contribution in [0.5, 0.6) is 0 Å². The minimum absolute atomic E-state index is 0.223. The van der Waals surface area contributed by atoms with Crippen molar-refractivity contribution in [2.24, 2.45) is 7.05 Å². The minimum atomic E-state index is -0.223. The van der Waals surface area contributed by atoms with E-state index in [9.17, 15) is 4.79 Å². The molecule has 6 nitrogen and oxygen atoms in total. The first-order chi connectivity index (χ1) is 9.74. The van der Waals surface area contributed by atoms with Gasteiger partial charge in [0.2, 0.25) is 0 Å². The van der Waals surface area contributed by atoms with Gasteiger partial charge in [-0.2, -0.15) is 5.10 Å². The maximum atomic E-state index is 12.3. The first-order valence-electron chi connectivity index (χ1n) is 6.12. The number of para-hydroxylation sites is 1. The second kappa shape index (κ2) is 5.00. The van der Waals surface area contributed by atoms with Crippen LogP contribution in [0.4, 0.5) is 5.69 Å². The van der Waals surface area contributed by atoms with E-state index in [0.717, 1.165) is 5.69 Å². The molecule has 20 heavy (non-hydrogen) atoms. The lowest BCUT2D eigenvalue weighted by molar-refractivity contribution is 0.102. The van der Waals surface area contributed by atoms with Gasteiger partial charge < -0.3 is 5.32 Å². The molecule has 6 heteroatoms. The van der Waals surface area contributed by atoms with Crippen LogP contribution in [-0.2, 0) is 7.05 Å². The number of carbonyl (C=O) groups is 1. The lowest BCUT2D eigenvalue weighted by Gasteiger charge is -2.07. The summed E-state index contributed by atoms with van der Waals surface area (Å²) in [5.74, 6) is -0.223. The van der Waals surface area contributed by atoms with Crippen molar-refractivity contribution >= 4 is 11.6 Å². The first-order valence-corrected chi connectivity index (χ1v) is 6.12. The Bertz CT molecular complexity index is 729. The van der Waals surface area contributed by atoms with Gasteiger partial charge in [-0.05, 0) is 12.1 Å². The van der Waals surface area contributed by atoms with Gasteiger partial charge in [-0.3, -0.25) is 14.0 Å². The fourth-order valence-corrected chi connectivity index (χ4v) is 1.94. The number of hydrogen-bond acceptors (Lipinski definition) is 3. The summed E-state index contributed by atoms with van der Waals surface area (Å²) in [4.78, 5) is 16.3. The zero-order chi connectivity index (χ0) is 13.9. The van der Waals surface area contributed by atoms with Crippen LogP contribution in [0, 0.1) is 0 Å². The van der Waals surface area contributed by atoms with E-state index in [0.29, 0.717) is 11.4 Å².